The van der Waals surface area contributed by atoms with Crippen molar-refractivity contribution in [1.82, 2.24) is 5.32 Å². The number of rotatable bonds is 5. The van der Waals surface area contributed by atoms with Gasteiger partial charge in [0, 0.05) is 19.3 Å². The Balaban J connectivity index is 2.49. The van der Waals surface area contributed by atoms with E-state index in [4.69, 9.17) is 14.6 Å². The Hall–Kier alpha value is -0.650. The quantitative estimate of drug-likeness (QED) is 0.650. The molecule has 0 amide bonds. The van der Waals surface area contributed by atoms with Crippen molar-refractivity contribution in [3.8, 4) is 0 Å². The molecule has 2 N–H and O–H groups in total. The minimum Gasteiger partial charge on any atom is -0.480 e. The molecule has 1 rings (SSSR count). The maximum absolute atomic E-state index is 10.8. The molecule has 0 aromatic heterocycles. The normalized spacial score (nSPS) is 29.0. The third-order valence-electron chi connectivity index (χ3n) is 2.37. The molecule has 5 nitrogen and oxygen atoms in total. The van der Waals surface area contributed by atoms with E-state index in [1.165, 1.54) is 7.11 Å². The Kier molecular flexibility index (Phi) is 3.86. The summed E-state index contributed by atoms with van der Waals surface area (Å²) in [6.45, 7) is 3.37. The molecule has 0 spiro atoms. The highest BCUT2D eigenvalue weighted by atomic mass is 16.5. The van der Waals surface area contributed by atoms with Crippen molar-refractivity contribution >= 4 is 5.97 Å². The molecule has 0 aliphatic carbocycles. The van der Waals surface area contributed by atoms with Crippen molar-refractivity contribution in [2.24, 2.45) is 0 Å². The van der Waals surface area contributed by atoms with Crippen molar-refractivity contribution in [3.63, 3.8) is 0 Å². The van der Waals surface area contributed by atoms with Crippen molar-refractivity contribution < 1.29 is 19.4 Å². The van der Waals surface area contributed by atoms with E-state index in [2.05, 4.69) is 5.32 Å². The highest BCUT2D eigenvalue weighted by Crippen LogP contribution is 2.18. The maximum Gasteiger partial charge on any atom is 0.323 e. The molecule has 1 aliphatic rings. The highest BCUT2D eigenvalue weighted by Gasteiger charge is 2.33. The molecule has 0 aromatic rings. The number of hydrogen-bond acceptors (Lipinski definition) is 4. The summed E-state index contributed by atoms with van der Waals surface area (Å²) in [5, 5.41) is 11.9. The van der Waals surface area contributed by atoms with Gasteiger partial charge in [-0.1, -0.05) is 0 Å². The predicted molar refractivity (Wildman–Crippen MR) is 50.3 cm³/mol. The molecule has 5 heteroatoms. The molecule has 0 bridgehead atoms. The number of carbonyl (C=O) groups is 1. The molecular formula is C9H17NO4. The molecule has 0 radical (unpaired) electrons. The molecule has 1 aliphatic heterocycles. The van der Waals surface area contributed by atoms with Crippen LogP contribution in [0.5, 0.6) is 0 Å². The molecule has 2 atom stereocenters. The van der Waals surface area contributed by atoms with Gasteiger partial charge in [-0.3, -0.25) is 10.1 Å². The number of ether oxygens (including phenoxy) is 2. The fourth-order valence-electron chi connectivity index (χ4n) is 1.54. The van der Waals surface area contributed by atoms with Gasteiger partial charge in [-0.25, -0.2) is 0 Å². The number of carboxylic acids is 1. The average Bonchev–Trinajstić information content (AvgIpc) is 2.51. The number of methoxy groups -OCH3 is 1. The van der Waals surface area contributed by atoms with E-state index in [0.717, 1.165) is 6.42 Å². The summed E-state index contributed by atoms with van der Waals surface area (Å²) < 4.78 is 10.1. The van der Waals surface area contributed by atoms with Gasteiger partial charge in [0.05, 0.1) is 13.2 Å². The van der Waals surface area contributed by atoms with Gasteiger partial charge < -0.3 is 14.6 Å². The van der Waals surface area contributed by atoms with Crippen LogP contribution in [-0.2, 0) is 14.3 Å². The third-order valence-corrected chi connectivity index (χ3v) is 2.37. The lowest BCUT2D eigenvalue weighted by Crippen LogP contribution is -2.53. The van der Waals surface area contributed by atoms with Crippen LogP contribution in [-0.4, -0.2) is 49.6 Å². The van der Waals surface area contributed by atoms with E-state index in [1.54, 1.807) is 0 Å². The summed E-state index contributed by atoms with van der Waals surface area (Å²) in [5.41, 5.74) is -0.235. The Labute approximate surface area is 83.4 Å². The monoisotopic (exact) mass is 203 g/mol. The fraction of sp³-hybridized carbons (Fsp3) is 0.889. The standard InChI is InChI=1S/C9H17NO4/c1-9(3-4-14-6-9)10-7(5-13-2)8(11)12/h7,10H,3-6H2,1-2H3,(H,11,12). The molecule has 0 saturated carbocycles. The summed E-state index contributed by atoms with van der Waals surface area (Å²) in [5.74, 6) is -0.889. The van der Waals surface area contributed by atoms with Crippen LogP contribution in [0.3, 0.4) is 0 Å². The zero-order chi connectivity index (χ0) is 10.6. The molecule has 1 saturated heterocycles. The minimum atomic E-state index is -0.889. The molecule has 1 fully saturated rings. The van der Waals surface area contributed by atoms with Gasteiger partial charge >= 0.3 is 5.97 Å². The first-order valence-electron chi connectivity index (χ1n) is 4.64. The lowest BCUT2D eigenvalue weighted by atomic mass is 10.0. The van der Waals surface area contributed by atoms with E-state index in [1.807, 2.05) is 6.92 Å². The van der Waals surface area contributed by atoms with E-state index >= 15 is 0 Å². The van der Waals surface area contributed by atoms with Gasteiger partial charge in [0.2, 0.25) is 0 Å². The van der Waals surface area contributed by atoms with Crippen LogP contribution in [0.2, 0.25) is 0 Å². The summed E-state index contributed by atoms with van der Waals surface area (Å²) >= 11 is 0. The Morgan fingerprint density at radius 3 is 2.93 bits per heavy atom. The fourth-order valence-corrected chi connectivity index (χ4v) is 1.54. The Morgan fingerprint density at radius 2 is 2.50 bits per heavy atom. The largest absolute Gasteiger partial charge is 0.480 e. The second kappa shape index (κ2) is 4.72. The first kappa shape index (κ1) is 11.4. The lowest BCUT2D eigenvalue weighted by Gasteiger charge is -2.27. The van der Waals surface area contributed by atoms with E-state index in [-0.39, 0.29) is 12.1 Å². The van der Waals surface area contributed by atoms with Crippen LogP contribution in [0.4, 0.5) is 0 Å². The van der Waals surface area contributed by atoms with E-state index < -0.39 is 12.0 Å². The van der Waals surface area contributed by atoms with Crippen LogP contribution < -0.4 is 5.32 Å². The van der Waals surface area contributed by atoms with Crippen molar-refractivity contribution in [1.29, 1.82) is 0 Å². The predicted octanol–water partition coefficient (Wildman–Crippen LogP) is -0.145. The zero-order valence-electron chi connectivity index (χ0n) is 8.58. The van der Waals surface area contributed by atoms with Gasteiger partial charge in [0.1, 0.15) is 6.04 Å². The van der Waals surface area contributed by atoms with Gasteiger partial charge in [0.15, 0.2) is 0 Å². The first-order chi connectivity index (χ1) is 6.57. The van der Waals surface area contributed by atoms with Crippen molar-refractivity contribution in [2.75, 3.05) is 26.9 Å². The van der Waals surface area contributed by atoms with Crippen LogP contribution in [0, 0.1) is 0 Å². The molecule has 1 heterocycles. The van der Waals surface area contributed by atoms with Crippen molar-refractivity contribution in [2.45, 2.75) is 24.9 Å². The first-order valence-corrected chi connectivity index (χ1v) is 4.64. The smallest absolute Gasteiger partial charge is 0.323 e. The van der Waals surface area contributed by atoms with Crippen molar-refractivity contribution in [3.05, 3.63) is 0 Å². The molecule has 14 heavy (non-hydrogen) atoms. The van der Waals surface area contributed by atoms with Crippen LogP contribution >= 0.6 is 0 Å². The molecular weight excluding hydrogens is 186 g/mol. The number of aliphatic carboxylic acids is 1. The number of hydrogen-bond donors (Lipinski definition) is 2. The highest BCUT2D eigenvalue weighted by molar-refractivity contribution is 5.73. The van der Waals surface area contributed by atoms with E-state index in [9.17, 15) is 4.79 Å². The lowest BCUT2D eigenvalue weighted by molar-refractivity contribution is -0.141. The second-order valence-electron chi connectivity index (χ2n) is 3.85. The maximum atomic E-state index is 10.8. The topological polar surface area (TPSA) is 67.8 Å². The van der Waals surface area contributed by atoms with Gasteiger partial charge in [-0.05, 0) is 13.3 Å². The van der Waals surface area contributed by atoms with Gasteiger partial charge in [0.25, 0.3) is 0 Å². The molecule has 2 unspecified atom stereocenters. The SMILES string of the molecule is COCC(NC1(C)CCOC1)C(=O)O. The summed E-state index contributed by atoms with van der Waals surface area (Å²) in [4.78, 5) is 10.8. The average molecular weight is 203 g/mol. The number of nitrogens with one attached hydrogen (secondary N) is 1. The molecule has 0 aromatic carbocycles. The summed E-state index contributed by atoms with van der Waals surface area (Å²) in [7, 11) is 1.49. The third kappa shape index (κ3) is 2.94. The summed E-state index contributed by atoms with van der Waals surface area (Å²) in [6.07, 6.45) is 0.834. The van der Waals surface area contributed by atoms with Crippen LogP contribution in [0.1, 0.15) is 13.3 Å². The Morgan fingerprint density at radius 1 is 1.79 bits per heavy atom. The van der Waals surface area contributed by atoms with Crippen LogP contribution in [0.15, 0.2) is 0 Å². The summed E-state index contributed by atoms with van der Waals surface area (Å²) in [6, 6.07) is -0.660. The number of carboxylic acid groups (broad SMARTS) is 1. The molecule has 82 valence electrons. The Bertz CT molecular complexity index is 201. The second-order valence-corrected chi connectivity index (χ2v) is 3.85. The van der Waals surface area contributed by atoms with Gasteiger partial charge in [-0.15, -0.1) is 0 Å². The van der Waals surface area contributed by atoms with E-state index in [0.29, 0.717) is 13.2 Å². The minimum absolute atomic E-state index is 0.172. The van der Waals surface area contributed by atoms with Crippen LogP contribution in [0.25, 0.3) is 0 Å². The van der Waals surface area contributed by atoms with Gasteiger partial charge in [-0.2, -0.15) is 0 Å². The zero-order valence-corrected chi connectivity index (χ0v) is 8.58.